The summed E-state index contributed by atoms with van der Waals surface area (Å²) in [6.07, 6.45) is 3.97. The molecule has 0 radical (unpaired) electrons. The summed E-state index contributed by atoms with van der Waals surface area (Å²) in [6.45, 7) is 3.91. The summed E-state index contributed by atoms with van der Waals surface area (Å²) in [6, 6.07) is 8.47. The van der Waals surface area contributed by atoms with Gasteiger partial charge in [-0.25, -0.2) is 0 Å². The second-order valence-electron chi connectivity index (χ2n) is 5.35. The Morgan fingerprint density at radius 1 is 1.33 bits per heavy atom. The Morgan fingerprint density at radius 2 is 1.95 bits per heavy atom. The molecule has 1 atom stereocenters. The third-order valence-corrected chi connectivity index (χ3v) is 4.92. The Kier molecular flexibility index (Phi) is 5.79. The topological polar surface area (TPSA) is 41.6 Å². The molecule has 0 aliphatic carbocycles. The lowest BCUT2D eigenvalue weighted by molar-refractivity contribution is -0.121. The number of rotatable bonds is 5. The van der Waals surface area contributed by atoms with E-state index in [1.165, 1.54) is 5.69 Å². The fraction of sp³-hybridized carbons (Fsp3) is 0.562. The molecule has 5 heteroatoms. The van der Waals surface area contributed by atoms with Gasteiger partial charge in [-0.3, -0.25) is 4.79 Å². The standard InChI is InChI=1S/C16H24N2O2S/c1-12(21-3)16(19)17-13-8-10-18(11-9-13)14-4-6-15(20-2)7-5-14/h4-7,12-13H,8-11H2,1-3H3,(H,17,19). The number of carbonyl (C=O) groups excluding carboxylic acids is 1. The van der Waals surface area contributed by atoms with E-state index < -0.39 is 0 Å². The third kappa shape index (κ3) is 4.30. The van der Waals surface area contributed by atoms with E-state index in [-0.39, 0.29) is 11.2 Å². The number of carbonyl (C=O) groups is 1. The van der Waals surface area contributed by atoms with Gasteiger partial charge in [0.2, 0.25) is 5.91 Å². The third-order valence-electron chi connectivity index (χ3n) is 4.00. The Balaban J connectivity index is 1.83. The van der Waals surface area contributed by atoms with Crippen molar-refractivity contribution in [1.82, 2.24) is 5.32 Å². The lowest BCUT2D eigenvalue weighted by Gasteiger charge is -2.34. The zero-order valence-corrected chi connectivity index (χ0v) is 13.8. The predicted octanol–water partition coefficient (Wildman–Crippen LogP) is 2.53. The first-order valence-electron chi connectivity index (χ1n) is 7.36. The molecule has 21 heavy (non-hydrogen) atoms. The second-order valence-corrected chi connectivity index (χ2v) is 6.52. The molecule has 0 saturated carbocycles. The maximum Gasteiger partial charge on any atom is 0.233 e. The monoisotopic (exact) mass is 308 g/mol. The highest BCUT2D eigenvalue weighted by atomic mass is 32.2. The van der Waals surface area contributed by atoms with Crippen LogP contribution in [0.1, 0.15) is 19.8 Å². The zero-order chi connectivity index (χ0) is 15.2. The zero-order valence-electron chi connectivity index (χ0n) is 13.0. The smallest absolute Gasteiger partial charge is 0.233 e. The van der Waals surface area contributed by atoms with Gasteiger partial charge in [0.05, 0.1) is 12.4 Å². The van der Waals surface area contributed by atoms with Gasteiger partial charge in [0, 0.05) is 24.8 Å². The van der Waals surface area contributed by atoms with Gasteiger partial charge in [-0.15, -0.1) is 0 Å². The maximum absolute atomic E-state index is 11.9. The van der Waals surface area contributed by atoms with Crippen LogP contribution in [0.25, 0.3) is 0 Å². The van der Waals surface area contributed by atoms with Crippen LogP contribution in [0, 0.1) is 0 Å². The van der Waals surface area contributed by atoms with E-state index >= 15 is 0 Å². The molecule has 1 aliphatic rings. The molecule has 1 fully saturated rings. The molecule has 1 aromatic carbocycles. The minimum absolute atomic E-state index is 0.0321. The number of nitrogens with zero attached hydrogens (tertiary/aromatic N) is 1. The molecule has 1 saturated heterocycles. The van der Waals surface area contributed by atoms with Crippen LogP contribution in [0.15, 0.2) is 24.3 Å². The minimum Gasteiger partial charge on any atom is -0.497 e. The van der Waals surface area contributed by atoms with Crippen LogP contribution in [0.4, 0.5) is 5.69 Å². The number of nitrogens with one attached hydrogen (secondary N) is 1. The van der Waals surface area contributed by atoms with Crippen LogP contribution in [0.3, 0.4) is 0 Å². The SMILES string of the molecule is COc1ccc(N2CCC(NC(=O)C(C)SC)CC2)cc1. The average molecular weight is 308 g/mol. The van der Waals surface area contributed by atoms with Crippen molar-refractivity contribution in [2.45, 2.75) is 31.1 Å². The van der Waals surface area contributed by atoms with E-state index in [0.29, 0.717) is 6.04 Å². The van der Waals surface area contributed by atoms with Crippen molar-refractivity contribution in [3.8, 4) is 5.75 Å². The molecule has 1 unspecified atom stereocenters. The van der Waals surface area contributed by atoms with Crippen LogP contribution in [-0.2, 0) is 4.79 Å². The molecule has 0 spiro atoms. The fourth-order valence-electron chi connectivity index (χ4n) is 2.50. The molecule has 1 amide bonds. The van der Waals surface area contributed by atoms with Crippen LogP contribution in [0.5, 0.6) is 5.75 Å². The number of anilines is 1. The quantitative estimate of drug-likeness (QED) is 0.907. The van der Waals surface area contributed by atoms with E-state index in [4.69, 9.17) is 4.74 Å². The number of methoxy groups -OCH3 is 1. The molecule has 0 aromatic heterocycles. The van der Waals surface area contributed by atoms with E-state index in [1.807, 2.05) is 25.3 Å². The average Bonchev–Trinajstić information content (AvgIpc) is 2.55. The van der Waals surface area contributed by atoms with Gasteiger partial charge in [-0.1, -0.05) is 0 Å². The summed E-state index contributed by atoms with van der Waals surface area (Å²) >= 11 is 1.59. The van der Waals surface area contributed by atoms with Crippen molar-refractivity contribution in [3.05, 3.63) is 24.3 Å². The summed E-state index contributed by atoms with van der Waals surface area (Å²) in [5.74, 6) is 1.04. The number of benzene rings is 1. The molecule has 1 N–H and O–H groups in total. The summed E-state index contributed by atoms with van der Waals surface area (Å²) < 4.78 is 5.18. The molecule has 116 valence electrons. The van der Waals surface area contributed by atoms with Crippen molar-refractivity contribution < 1.29 is 9.53 Å². The largest absolute Gasteiger partial charge is 0.497 e. The highest BCUT2D eigenvalue weighted by molar-refractivity contribution is 7.99. The first kappa shape index (κ1) is 16.0. The number of piperidine rings is 1. The van der Waals surface area contributed by atoms with Crippen LogP contribution < -0.4 is 15.0 Å². The van der Waals surface area contributed by atoms with Gasteiger partial charge in [0.1, 0.15) is 5.75 Å². The molecule has 1 aromatic rings. The molecule has 1 heterocycles. The summed E-state index contributed by atoms with van der Waals surface area (Å²) in [5.41, 5.74) is 1.22. The fourth-order valence-corrected chi connectivity index (χ4v) is 2.78. The first-order valence-corrected chi connectivity index (χ1v) is 8.65. The normalized spacial score (nSPS) is 17.4. The van der Waals surface area contributed by atoms with Gasteiger partial charge in [0.25, 0.3) is 0 Å². The lowest BCUT2D eigenvalue weighted by Crippen LogP contribution is -2.46. The van der Waals surface area contributed by atoms with Gasteiger partial charge < -0.3 is 15.0 Å². The molecule has 2 rings (SSSR count). The molecule has 1 aliphatic heterocycles. The minimum atomic E-state index is 0.0321. The van der Waals surface area contributed by atoms with Crippen LogP contribution in [-0.4, -0.2) is 43.7 Å². The number of amides is 1. The van der Waals surface area contributed by atoms with Gasteiger partial charge in [0.15, 0.2) is 0 Å². The van der Waals surface area contributed by atoms with Crippen molar-refractivity contribution in [2.75, 3.05) is 31.4 Å². The summed E-state index contributed by atoms with van der Waals surface area (Å²) in [7, 11) is 1.68. The van der Waals surface area contributed by atoms with Gasteiger partial charge in [-0.05, 0) is 50.3 Å². The summed E-state index contributed by atoms with van der Waals surface area (Å²) in [5, 5.41) is 3.19. The summed E-state index contributed by atoms with van der Waals surface area (Å²) in [4.78, 5) is 14.3. The number of hydrogen-bond donors (Lipinski definition) is 1. The van der Waals surface area contributed by atoms with Crippen LogP contribution >= 0.6 is 11.8 Å². The van der Waals surface area contributed by atoms with E-state index in [9.17, 15) is 4.79 Å². The maximum atomic E-state index is 11.9. The van der Waals surface area contributed by atoms with Crippen molar-refractivity contribution >= 4 is 23.4 Å². The highest BCUT2D eigenvalue weighted by Crippen LogP contribution is 2.23. The van der Waals surface area contributed by atoms with Crippen molar-refractivity contribution in [2.24, 2.45) is 0 Å². The lowest BCUT2D eigenvalue weighted by atomic mass is 10.0. The highest BCUT2D eigenvalue weighted by Gasteiger charge is 2.22. The van der Waals surface area contributed by atoms with E-state index in [2.05, 4.69) is 22.3 Å². The van der Waals surface area contributed by atoms with Gasteiger partial charge >= 0.3 is 0 Å². The Hall–Kier alpha value is -1.36. The Bertz CT molecular complexity index is 456. The molecular weight excluding hydrogens is 284 g/mol. The molecular formula is C16H24N2O2S. The van der Waals surface area contributed by atoms with Crippen molar-refractivity contribution in [1.29, 1.82) is 0 Å². The van der Waals surface area contributed by atoms with E-state index in [1.54, 1.807) is 18.9 Å². The van der Waals surface area contributed by atoms with Crippen molar-refractivity contribution in [3.63, 3.8) is 0 Å². The van der Waals surface area contributed by atoms with Crippen LogP contribution in [0.2, 0.25) is 0 Å². The number of ether oxygens (including phenoxy) is 1. The first-order chi connectivity index (χ1) is 10.1. The molecule has 0 bridgehead atoms. The Morgan fingerprint density at radius 3 is 2.48 bits per heavy atom. The van der Waals surface area contributed by atoms with Gasteiger partial charge in [-0.2, -0.15) is 11.8 Å². The molecule has 4 nitrogen and oxygen atoms in total. The number of thioether (sulfide) groups is 1. The Labute approximate surface area is 131 Å². The van der Waals surface area contributed by atoms with E-state index in [0.717, 1.165) is 31.7 Å². The second kappa shape index (κ2) is 7.59. The number of hydrogen-bond acceptors (Lipinski definition) is 4. The predicted molar refractivity (Wildman–Crippen MR) is 89.3 cm³/mol.